The fourth-order valence-corrected chi connectivity index (χ4v) is 1.04. The van der Waals surface area contributed by atoms with Crippen LogP contribution in [0.5, 0.6) is 0 Å². The molecule has 0 radical (unpaired) electrons. The van der Waals surface area contributed by atoms with Crippen molar-refractivity contribution in [1.82, 2.24) is 4.98 Å². The van der Waals surface area contributed by atoms with Crippen LogP contribution in [0.2, 0.25) is 0 Å². The molecule has 1 aromatic rings. The summed E-state index contributed by atoms with van der Waals surface area (Å²) >= 11 is 0. The van der Waals surface area contributed by atoms with Gasteiger partial charge in [0, 0.05) is 11.8 Å². The smallest absolute Gasteiger partial charge is 0.248 e. The van der Waals surface area contributed by atoms with Crippen molar-refractivity contribution >= 4 is 0 Å². The van der Waals surface area contributed by atoms with Gasteiger partial charge < -0.3 is 10.7 Å². The van der Waals surface area contributed by atoms with Gasteiger partial charge in [-0.05, 0) is 31.5 Å². The number of H-pyrrole nitrogens is 1. The predicted molar refractivity (Wildman–Crippen MR) is 44.6 cm³/mol. The molecule has 0 bridgehead atoms. The van der Waals surface area contributed by atoms with Gasteiger partial charge in [0.25, 0.3) is 0 Å². The molecule has 3 nitrogen and oxygen atoms in total. The van der Waals surface area contributed by atoms with E-state index < -0.39 is 0 Å². The average molecular weight is 152 g/mol. The van der Waals surface area contributed by atoms with Crippen LogP contribution in [0.3, 0.4) is 0 Å². The summed E-state index contributed by atoms with van der Waals surface area (Å²) in [5.74, 6) is 0. The Balaban J connectivity index is 2.99. The molecule has 0 aliphatic carbocycles. The monoisotopic (exact) mass is 152 g/mol. The molecule has 11 heavy (non-hydrogen) atoms. The van der Waals surface area contributed by atoms with Crippen molar-refractivity contribution in [3.05, 3.63) is 33.7 Å². The summed E-state index contributed by atoms with van der Waals surface area (Å²) < 4.78 is 0. The summed E-state index contributed by atoms with van der Waals surface area (Å²) in [6, 6.07) is 3.51. The van der Waals surface area contributed by atoms with Crippen LogP contribution in [0.1, 0.15) is 11.3 Å². The highest BCUT2D eigenvalue weighted by molar-refractivity contribution is 5.14. The SMILES string of the molecule is Cc1cc(CCN)[nH]c(=O)c1. The number of nitrogens with one attached hydrogen (secondary N) is 1. The van der Waals surface area contributed by atoms with Gasteiger partial charge in [0.05, 0.1) is 0 Å². The van der Waals surface area contributed by atoms with Crippen LogP contribution < -0.4 is 11.3 Å². The Labute approximate surface area is 65.2 Å². The maximum Gasteiger partial charge on any atom is 0.248 e. The Morgan fingerprint density at radius 3 is 2.82 bits per heavy atom. The molecule has 0 spiro atoms. The standard InChI is InChI=1S/C8H12N2O/c1-6-4-7(2-3-9)10-8(11)5-6/h4-5H,2-3,9H2,1H3,(H,10,11). The van der Waals surface area contributed by atoms with Gasteiger partial charge in [-0.1, -0.05) is 0 Å². The third-order valence-corrected chi connectivity index (χ3v) is 1.46. The molecule has 0 amide bonds. The lowest BCUT2D eigenvalue weighted by atomic mass is 10.2. The second-order valence-corrected chi connectivity index (χ2v) is 2.59. The minimum absolute atomic E-state index is 0.0477. The van der Waals surface area contributed by atoms with Gasteiger partial charge in [0.2, 0.25) is 5.56 Å². The van der Waals surface area contributed by atoms with E-state index in [0.29, 0.717) is 6.54 Å². The maximum absolute atomic E-state index is 10.9. The Morgan fingerprint density at radius 1 is 1.55 bits per heavy atom. The van der Waals surface area contributed by atoms with E-state index in [2.05, 4.69) is 4.98 Å². The second kappa shape index (κ2) is 3.34. The van der Waals surface area contributed by atoms with Gasteiger partial charge in [0.15, 0.2) is 0 Å². The van der Waals surface area contributed by atoms with Gasteiger partial charge >= 0.3 is 0 Å². The minimum atomic E-state index is -0.0477. The number of aromatic nitrogens is 1. The van der Waals surface area contributed by atoms with Gasteiger partial charge in [-0.3, -0.25) is 4.79 Å². The van der Waals surface area contributed by atoms with Crippen molar-refractivity contribution in [2.24, 2.45) is 5.73 Å². The fourth-order valence-electron chi connectivity index (χ4n) is 1.04. The van der Waals surface area contributed by atoms with E-state index in [0.717, 1.165) is 17.7 Å². The molecule has 0 aliphatic heterocycles. The van der Waals surface area contributed by atoms with Crippen molar-refractivity contribution in [1.29, 1.82) is 0 Å². The van der Waals surface area contributed by atoms with Crippen LogP contribution in [0.4, 0.5) is 0 Å². The van der Waals surface area contributed by atoms with Gasteiger partial charge in [-0.2, -0.15) is 0 Å². The molecule has 3 heteroatoms. The first-order valence-corrected chi connectivity index (χ1v) is 3.62. The van der Waals surface area contributed by atoms with Crippen molar-refractivity contribution in [2.45, 2.75) is 13.3 Å². The van der Waals surface area contributed by atoms with Crippen molar-refractivity contribution < 1.29 is 0 Å². The first-order chi connectivity index (χ1) is 5.22. The highest BCUT2D eigenvalue weighted by atomic mass is 16.1. The third-order valence-electron chi connectivity index (χ3n) is 1.46. The zero-order valence-corrected chi connectivity index (χ0v) is 6.55. The largest absolute Gasteiger partial charge is 0.330 e. The number of aromatic amines is 1. The molecular weight excluding hydrogens is 140 g/mol. The number of rotatable bonds is 2. The summed E-state index contributed by atoms with van der Waals surface area (Å²) in [4.78, 5) is 13.6. The van der Waals surface area contributed by atoms with Crippen LogP contribution in [0.25, 0.3) is 0 Å². The molecule has 0 saturated heterocycles. The van der Waals surface area contributed by atoms with Crippen molar-refractivity contribution in [2.75, 3.05) is 6.54 Å². The molecule has 0 aromatic carbocycles. The summed E-state index contributed by atoms with van der Waals surface area (Å²) in [6.07, 6.45) is 0.733. The summed E-state index contributed by atoms with van der Waals surface area (Å²) in [5.41, 5.74) is 7.19. The lowest BCUT2D eigenvalue weighted by Gasteiger charge is -1.98. The third kappa shape index (κ3) is 2.20. The van der Waals surface area contributed by atoms with E-state index in [1.807, 2.05) is 13.0 Å². The number of hydrogen-bond acceptors (Lipinski definition) is 2. The summed E-state index contributed by atoms with van der Waals surface area (Å²) in [7, 11) is 0. The van der Waals surface area contributed by atoms with Crippen molar-refractivity contribution in [3.8, 4) is 0 Å². The Kier molecular flexibility index (Phi) is 2.44. The number of hydrogen-bond donors (Lipinski definition) is 2. The summed E-state index contributed by atoms with van der Waals surface area (Å²) in [5, 5.41) is 0. The molecule has 0 fully saturated rings. The van der Waals surface area contributed by atoms with Crippen LogP contribution in [-0.2, 0) is 6.42 Å². The van der Waals surface area contributed by atoms with E-state index in [-0.39, 0.29) is 5.56 Å². The molecule has 0 atom stereocenters. The molecule has 0 aliphatic rings. The molecule has 1 heterocycles. The van der Waals surface area contributed by atoms with E-state index in [1.165, 1.54) is 0 Å². The molecule has 0 saturated carbocycles. The Morgan fingerprint density at radius 2 is 2.27 bits per heavy atom. The van der Waals surface area contributed by atoms with E-state index in [1.54, 1.807) is 6.07 Å². The zero-order chi connectivity index (χ0) is 8.27. The maximum atomic E-state index is 10.9. The van der Waals surface area contributed by atoms with E-state index in [4.69, 9.17) is 5.73 Å². The average Bonchev–Trinajstić information content (AvgIpc) is 1.85. The fraction of sp³-hybridized carbons (Fsp3) is 0.375. The Bertz CT molecular complexity index is 290. The molecule has 0 unspecified atom stereocenters. The van der Waals surface area contributed by atoms with Gasteiger partial charge in [-0.15, -0.1) is 0 Å². The van der Waals surface area contributed by atoms with Crippen LogP contribution in [0.15, 0.2) is 16.9 Å². The van der Waals surface area contributed by atoms with Crippen LogP contribution >= 0.6 is 0 Å². The number of pyridine rings is 1. The van der Waals surface area contributed by atoms with E-state index in [9.17, 15) is 4.79 Å². The quantitative estimate of drug-likeness (QED) is 0.635. The normalized spacial score (nSPS) is 10.0. The van der Waals surface area contributed by atoms with Crippen LogP contribution in [0, 0.1) is 6.92 Å². The molecular formula is C8H12N2O. The second-order valence-electron chi connectivity index (χ2n) is 2.59. The molecule has 1 rings (SSSR count). The first kappa shape index (κ1) is 8.01. The van der Waals surface area contributed by atoms with Gasteiger partial charge in [0.1, 0.15) is 0 Å². The highest BCUT2D eigenvalue weighted by Crippen LogP contribution is 1.95. The zero-order valence-electron chi connectivity index (χ0n) is 6.55. The highest BCUT2D eigenvalue weighted by Gasteiger charge is 1.93. The van der Waals surface area contributed by atoms with E-state index >= 15 is 0 Å². The number of nitrogens with two attached hydrogens (primary N) is 1. The molecule has 60 valence electrons. The number of aryl methyl sites for hydroxylation is 1. The topological polar surface area (TPSA) is 58.9 Å². The van der Waals surface area contributed by atoms with Gasteiger partial charge in [-0.25, -0.2) is 0 Å². The molecule has 1 aromatic heterocycles. The lowest BCUT2D eigenvalue weighted by Crippen LogP contribution is -2.11. The van der Waals surface area contributed by atoms with Crippen molar-refractivity contribution in [3.63, 3.8) is 0 Å². The molecule has 3 N–H and O–H groups in total. The first-order valence-electron chi connectivity index (χ1n) is 3.62. The predicted octanol–water partition coefficient (Wildman–Crippen LogP) is 0.185. The Hall–Kier alpha value is -1.09. The summed E-state index contributed by atoms with van der Waals surface area (Å²) in [6.45, 7) is 2.47. The minimum Gasteiger partial charge on any atom is -0.330 e. The van der Waals surface area contributed by atoms with Crippen LogP contribution in [-0.4, -0.2) is 11.5 Å². The lowest BCUT2D eigenvalue weighted by molar-refractivity contribution is 0.910.